The maximum absolute atomic E-state index is 12.7. The highest BCUT2D eigenvalue weighted by Gasteiger charge is 2.59. The lowest BCUT2D eigenvalue weighted by Crippen LogP contribution is -2.70. The molecule has 0 aromatic rings. The van der Waals surface area contributed by atoms with Crippen LogP contribution in [0.4, 0.5) is 0 Å². The van der Waals surface area contributed by atoms with Gasteiger partial charge in [0, 0.05) is 27.9 Å². The first kappa shape index (κ1) is 72.5. The fourth-order valence-electron chi connectivity index (χ4n) is 11.2. The molecular formula is C49H83N3O36. The maximum atomic E-state index is 12.7. The van der Waals surface area contributed by atoms with Gasteiger partial charge in [0.25, 0.3) is 0 Å². The first-order valence-electron chi connectivity index (χ1n) is 28.0. The second kappa shape index (κ2) is 31.8. The van der Waals surface area contributed by atoms with Crippen molar-refractivity contribution in [2.24, 2.45) is 0 Å². The molecule has 0 aliphatic carbocycles. The summed E-state index contributed by atoms with van der Waals surface area (Å²) in [5.41, 5.74) is 0. The van der Waals surface area contributed by atoms with Crippen molar-refractivity contribution in [1.82, 2.24) is 16.0 Å². The van der Waals surface area contributed by atoms with Gasteiger partial charge in [-0.25, -0.2) is 0 Å². The summed E-state index contributed by atoms with van der Waals surface area (Å²) in [7, 11) is 1.25. The number of hydrogen-bond donors (Lipinski definition) is 22. The Morgan fingerprint density at radius 1 is 0.318 bits per heavy atom. The van der Waals surface area contributed by atoms with Crippen LogP contribution in [0.2, 0.25) is 0 Å². The number of amides is 3. The molecule has 7 aliphatic heterocycles. The predicted octanol–water partition coefficient (Wildman–Crippen LogP) is -15.2. The van der Waals surface area contributed by atoms with Crippen LogP contribution in [-0.2, 0) is 80.7 Å². The molecule has 0 unspecified atom stereocenters. The van der Waals surface area contributed by atoms with Gasteiger partial charge in [0.05, 0.1) is 46.2 Å². The summed E-state index contributed by atoms with van der Waals surface area (Å²) in [6.07, 6.45) is -61.9. The Labute approximate surface area is 499 Å². The zero-order chi connectivity index (χ0) is 64.9. The third-order valence-corrected chi connectivity index (χ3v) is 15.9. The average molecular weight is 1290 g/mol. The first-order chi connectivity index (χ1) is 41.6. The van der Waals surface area contributed by atoms with Crippen LogP contribution in [-0.4, -0.2) is 383 Å². The highest BCUT2D eigenvalue weighted by Crippen LogP contribution is 2.37. The molecule has 22 N–H and O–H groups in total. The van der Waals surface area contributed by atoms with Gasteiger partial charge in [-0.1, -0.05) is 0 Å². The topological polar surface area (TPSA) is 601 Å². The third kappa shape index (κ3) is 16.0. The average Bonchev–Trinajstić information content (AvgIpc) is 2.02. The number of aliphatic hydroxyl groups excluding tert-OH is 19. The molecule has 88 heavy (non-hydrogen) atoms. The van der Waals surface area contributed by atoms with E-state index in [9.17, 15) is 111 Å². The molecule has 0 spiro atoms. The number of aliphatic hydroxyl groups is 19. The molecular weight excluding hydrogens is 1210 g/mol. The van der Waals surface area contributed by atoms with Gasteiger partial charge >= 0.3 is 0 Å². The van der Waals surface area contributed by atoms with Crippen molar-refractivity contribution in [2.45, 2.75) is 236 Å². The molecule has 39 nitrogen and oxygen atoms in total. The van der Waals surface area contributed by atoms with E-state index < -0.39 is 272 Å². The number of methoxy groups -OCH3 is 1. The minimum Gasteiger partial charge on any atom is -0.394 e. The minimum atomic E-state index is -2.34. The van der Waals surface area contributed by atoms with Crippen LogP contribution >= 0.6 is 0 Å². The zero-order valence-corrected chi connectivity index (χ0v) is 47.6. The molecule has 0 aromatic carbocycles. The summed E-state index contributed by atoms with van der Waals surface area (Å²) in [5.74, 6) is -2.45. The molecule has 0 radical (unpaired) electrons. The largest absolute Gasteiger partial charge is 0.394 e. The van der Waals surface area contributed by atoms with E-state index >= 15 is 0 Å². The quantitative estimate of drug-likeness (QED) is 0.0452. The van der Waals surface area contributed by atoms with Crippen LogP contribution < -0.4 is 16.0 Å². The van der Waals surface area contributed by atoms with E-state index in [-0.39, 0.29) is 6.61 Å². The van der Waals surface area contributed by atoms with Crippen molar-refractivity contribution in [2.75, 3.05) is 53.4 Å². The van der Waals surface area contributed by atoms with Crippen LogP contribution in [0.1, 0.15) is 20.8 Å². The van der Waals surface area contributed by atoms with Crippen molar-refractivity contribution < 1.29 is 178 Å². The molecule has 7 aliphatic rings. The molecule has 3 amide bonds. The van der Waals surface area contributed by atoms with Crippen LogP contribution in [0.5, 0.6) is 0 Å². The number of ether oxygens (including phenoxy) is 14. The fourth-order valence-corrected chi connectivity index (χ4v) is 11.2. The molecule has 510 valence electrons. The molecule has 7 rings (SSSR count). The summed E-state index contributed by atoms with van der Waals surface area (Å²) in [5, 5.41) is 215. The smallest absolute Gasteiger partial charge is 0.217 e. The van der Waals surface area contributed by atoms with Gasteiger partial charge in [-0.3, -0.25) is 14.4 Å². The molecule has 7 fully saturated rings. The highest BCUT2D eigenvalue weighted by atomic mass is 16.8. The highest BCUT2D eigenvalue weighted by molar-refractivity contribution is 5.74. The minimum absolute atomic E-state index is 0.318. The maximum Gasteiger partial charge on any atom is 0.217 e. The number of carbonyl (C=O) groups excluding carboxylic acids is 3. The SMILES string of the molecule is COC[C@H]1O[C@@H](O[C@H]2[C@H](O)[C@@H](NC(C)=O)[C@H](O[C@@H]3[C@@H](OC[C@H]4O[C@@H](O[C@H]5[C@H](O)[C@@H](NC(C)=O)[C@H](O[C@H]6[C@H](O)[C@@H](NC(C)=O)[C@H](O)O[C@@H]6CO)O[C@@H]5CO)[C@@H](O)[C@@H](O[C@H]5O[C@H](CO)[C@@H](O)[C@H](O)[C@@H]5O)[C@@H]4O)O[C@H](CO)[C@@H](O)[C@@H]3O)O[C@@H]2CO)[C@H](O)[C@@H](O)[C@H]1O. The molecule has 7 saturated heterocycles. The summed E-state index contributed by atoms with van der Waals surface area (Å²) in [6, 6.07) is -5.15. The van der Waals surface area contributed by atoms with Gasteiger partial charge in [0.2, 0.25) is 17.7 Å². The van der Waals surface area contributed by atoms with Crippen molar-refractivity contribution in [3.63, 3.8) is 0 Å². The number of nitrogens with one attached hydrogen (secondary N) is 3. The van der Waals surface area contributed by atoms with Gasteiger partial charge in [-0.2, -0.15) is 0 Å². The standard InChI is InChI=1S/C49H83N3O36/c1-12(58)50-22-29(65)38(17(7-55)77-43(22)74)84-44-23(51-13(2)59)30(66)40(19(9-57)80-44)86-48-37(73)41(87-46-35(71)32(68)25(61)15(5-53)78-46)28(64)21(83-48)11-76-49-42(34(70)26(62)16(6-54)79-49)88-45-24(52-14(3)60)31(67)39(18(8-56)81-45)85-47-36(72)33(69)27(63)20(82-47)10-75-4/h15-49,53-57,61-74H,5-11H2,1-4H3,(H,50,58)(H,51,59)(H,52,60)/t15-,16-,17-,18-,19-,20-,21-,22-,23-,24-,25-,26-,27+,28-,29-,30-,31-,32+,33+,34+,35+,36-,37+,38-,39-,40-,41+,42+,43-,44+,45+,46-,47+,48+,49+/m1/s1. The lowest BCUT2D eigenvalue weighted by molar-refractivity contribution is -0.389. The molecule has 7 heterocycles. The van der Waals surface area contributed by atoms with Gasteiger partial charge in [-0.15, -0.1) is 0 Å². The van der Waals surface area contributed by atoms with E-state index in [2.05, 4.69) is 16.0 Å². The predicted molar refractivity (Wildman–Crippen MR) is 271 cm³/mol. The lowest BCUT2D eigenvalue weighted by Gasteiger charge is -2.50. The fraction of sp³-hybridized carbons (Fsp3) is 0.939. The molecule has 35 atom stereocenters. The number of rotatable bonds is 23. The Kier molecular flexibility index (Phi) is 26.2. The number of carbonyl (C=O) groups is 3. The first-order valence-corrected chi connectivity index (χ1v) is 28.0. The number of hydrogen-bond acceptors (Lipinski definition) is 36. The van der Waals surface area contributed by atoms with E-state index in [1.807, 2.05) is 0 Å². The summed E-state index contributed by atoms with van der Waals surface area (Å²) < 4.78 is 81.0. The van der Waals surface area contributed by atoms with Gasteiger partial charge < -0.3 is 179 Å². The third-order valence-electron chi connectivity index (χ3n) is 15.9. The Balaban J connectivity index is 1.17. The van der Waals surface area contributed by atoms with Crippen molar-refractivity contribution >= 4 is 17.7 Å². The summed E-state index contributed by atoms with van der Waals surface area (Å²) in [4.78, 5) is 37.4. The Morgan fingerprint density at radius 2 is 0.648 bits per heavy atom. The Bertz CT molecular complexity index is 2210. The van der Waals surface area contributed by atoms with Crippen molar-refractivity contribution in [3.8, 4) is 0 Å². The van der Waals surface area contributed by atoms with E-state index in [1.54, 1.807) is 0 Å². The van der Waals surface area contributed by atoms with Gasteiger partial charge in [0.15, 0.2) is 44.0 Å². The summed E-state index contributed by atoms with van der Waals surface area (Å²) >= 11 is 0. The zero-order valence-electron chi connectivity index (χ0n) is 47.6. The molecule has 39 heteroatoms. The van der Waals surface area contributed by atoms with Crippen molar-refractivity contribution in [1.29, 1.82) is 0 Å². The molecule has 0 bridgehead atoms. The van der Waals surface area contributed by atoms with E-state index in [1.165, 1.54) is 7.11 Å². The van der Waals surface area contributed by atoms with Gasteiger partial charge in [0.1, 0.15) is 171 Å². The van der Waals surface area contributed by atoms with Crippen molar-refractivity contribution in [3.05, 3.63) is 0 Å². The Hall–Kier alpha value is -2.91. The normalized spacial score (nSPS) is 48.5. The lowest BCUT2D eigenvalue weighted by atomic mass is 9.94. The monoisotopic (exact) mass is 1290 g/mol. The van der Waals surface area contributed by atoms with Crippen LogP contribution in [0.3, 0.4) is 0 Å². The second-order valence-corrected chi connectivity index (χ2v) is 22.1. The van der Waals surface area contributed by atoms with E-state index in [0.29, 0.717) is 0 Å². The molecule has 0 aromatic heterocycles. The van der Waals surface area contributed by atoms with Crippen LogP contribution in [0.15, 0.2) is 0 Å². The van der Waals surface area contributed by atoms with Crippen LogP contribution in [0.25, 0.3) is 0 Å². The summed E-state index contributed by atoms with van der Waals surface area (Å²) in [6.45, 7) is -3.35. The van der Waals surface area contributed by atoms with Gasteiger partial charge in [-0.05, 0) is 0 Å². The van der Waals surface area contributed by atoms with Crippen LogP contribution in [0, 0.1) is 0 Å². The van der Waals surface area contributed by atoms with E-state index in [0.717, 1.165) is 20.8 Å². The molecule has 0 saturated carbocycles. The second-order valence-electron chi connectivity index (χ2n) is 22.1. The Morgan fingerprint density at radius 3 is 1.09 bits per heavy atom. The van der Waals surface area contributed by atoms with E-state index in [4.69, 9.17) is 66.3 Å².